The molecule has 7 heteroatoms. The second-order valence-corrected chi connectivity index (χ2v) is 5.17. The molecular weight excluding hydrogens is 318 g/mol. The van der Waals surface area contributed by atoms with Gasteiger partial charge < -0.3 is 4.74 Å². The lowest BCUT2D eigenvalue weighted by molar-refractivity contribution is -0.123. The van der Waals surface area contributed by atoms with Gasteiger partial charge in [0.2, 0.25) is 0 Å². The van der Waals surface area contributed by atoms with Crippen molar-refractivity contribution in [2.75, 3.05) is 6.61 Å². The molecule has 0 saturated carbocycles. The Kier molecular flexibility index (Phi) is 5.47. The lowest BCUT2D eigenvalue weighted by Gasteiger charge is -2.12. The van der Waals surface area contributed by atoms with E-state index in [1.807, 2.05) is 32.0 Å². The summed E-state index contributed by atoms with van der Waals surface area (Å²) < 4.78 is 31.5. The van der Waals surface area contributed by atoms with Crippen molar-refractivity contribution >= 4 is 11.8 Å². The third-order valence-electron chi connectivity index (χ3n) is 3.20. The standard InChI is InChI=1S/C17H16F2N2O3/c1-10-4-3-5-11(2)16(10)24-9-15(22)20-21-17(23)12-6-13(18)8-14(19)7-12/h3-8H,9H2,1-2H3,(H,20,22)(H,21,23). The monoisotopic (exact) mass is 334 g/mol. The summed E-state index contributed by atoms with van der Waals surface area (Å²) in [7, 11) is 0. The van der Waals surface area contributed by atoms with Gasteiger partial charge in [0.25, 0.3) is 11.8 Å². The van der Waals surface area contributed by atoms with Gasteiger partial charge in [-0.2, -0.15) is 0 Å². The van der Waals surface area contributed by atoms with Crippen LogP contribution in [0.25, 0.3) is 0 Å². The fourth-order valence-electron chi connectivity index (χ4n) is 2.08. The molecule has 0 aromatic heterocycles. The molecule has 0 unspecified atom stereocenters. The molecule has 126 valence electrons. The van der Waals surface area contributed by atoms with Crippen LogP contribution in [0, 0.1) is 25.5 Å². The number of hydrogen-bond acceptors (Lipinski definition) is 3. The number of benzene rings is 2. The zero-order chi connectivity index (χ0) is 17.7. The Balaban J connectivity index is 1.88. The first-order valence-electron chi connectivity index (χ1n) is 7.11. The first kappa shape index (κ1) is 17.4. The lowest BCUT2D eigenvalue weighted by Crippen LogP contribution is -2.43. The summed E-state index contributed by atoms with van der Waals surface area (Å²) in [5.74, 6) is -2.63. The number of hydrazine groups is 1. The summed E-state index contributed by atoms with van der Waals surface area (Å²) in [5, 5.41) is 0. The number of aryl methyl sites for hydroxylation is 2. The number of para-hydroxylation sites is 1. The molecule has 0 bridgehead atoms. The highest BCUT2D eigenvalue weighted by Gasteiger charge is 2.11. The second kappa shape index (κ2) is 7.54. The fraction of sp³-hybridized carbons (Fsp3) is 0.176. The molecule has 0 fully saturated rings. The fourth-order valence-corrected chi connectivity index (χ4v) is 2.08. The highest BCUT2D eigenvalue weighted by Crippen LogP contribution is 2.21. The molecule has 2 aromatic rings. The van der Waals surface area contributed by atoms with E-state index in [9.17, 15) is 18.4 Å². The number of hydrogen-bond donors (Lipinski definition) is 2. The van der Waals surface area contributed by atoms with Crippen LogP contribution in [0.5, 0.6) is 5.75 Å². The van der Waals surface area contributed by atoms with Crippen molar-refractivity contribution in [3.8, 4) is 5.75 Å². The van der Waals surface area contributed by atoms with Gasteiger partial charge >= 0.3 is 0 Å². The van der Waals surface area contributed by atoms with Crippen LogP contribution in [0.2, 0.25) is 0 Å². The summed E-state index contributed by atoms with van der Waals surface area (Å²) in [5.41, 5.74) is 5.69. The Hall–Kier alpha value is -2.96. The molecule has 0 aliphatic rings. The highest BCUT2D eigenvalue weighted by molar-refractivity contribution is 5.95. The van der Waals surface area contributed by atoms with Crippen LogP contribution in [0.3, 0.4) is 0 Å². The van der Waals surface area contributed by atoms with Gasteiger partial charge in [0.05, 0.1) is 0 Å². The number of nitrogens with one attached hydrogen (secondary N) is 2. The molecule has 0 atom stereocenters. The van der Waals surface area contributed by atoms with Crippen molar-refractivity contribution in [1.29, 1.82) is 0 Å². The Morgan fingerprint density at radius 3 is 2.17 bits per heavy atom. The summed E-state index contributed by atoms with van der Waals surface area (Å²) in [6.45, 7) is 3.38. The van der Waals surface area contributed by atoms with E-state index in [-0.39, 0.29) is 12.2 Å². The molecule has 2 N–H and O–H groups in total. The topological polar surface area (TPSA) is 67.4 Å². The van der Waals surface area contributed by atoms with Gasteiger partial charge in [-0.05, 0) is 37.1 Å². The number of amides is 2. The third-order valence-corrected chi connectivity index (χ3v) is 3.20. The van der Waals surface area contributed by atoms with Crippen molar-refractivity contribution in [2.45, 2.75) is 13.8 Å². The molecule has 5 nitrogen and oxygen atoms in total. The van der Waals surface area contributed by atoms with Gasteiger partial charge in [-0.15, -0.1) is 0 Å². The predicted molar refractivity (Wildman–Crippen MR) is 83.4 cm³/mol. The second-order valence-electron chi connectivity index (χ2n) is 5.17. The quantitative estimate of drug-likeness (QED) is 0.844. The van der Waals surface area contributed by atoms with Crippen LogP contribution in [-0.2, 0) is 4.79 Å². The van der Waals surface area contributed by atoms with Gasteiger partial charge in [-0.1, -0.05) is 18.2 Å². The van der Waals surface area contributed by atoms with Crippen LogP contribution in [0.1, 0.15) is 21.5 Å². The maximum atomic E-state index is 13.0. The molecule has 0 aliphatic heterocycles. The van der Waals surface area contributed by atoms with Gasteiger partial charge in [-0.3, -0.25) is 20.4 Å². The minimum atomic E-state index is -0.884. The Labute approximate surface area is 137 Å². The maximum absolute atomic E-state index is 13.0. The Morgan fingerprint density at radius 2 is 1.58 bits per heavy atom. The minimum Gasteiger partial charge on any atom is -0.483 e. The molecule has 2 aromatic carbocycles. The summed E-state index contributed by atoms with van der Waals surface area (Å²) in [4.78, 5) is 23.4. The largest absolute Gasteiger partial charge is 0.483 e. The molecule has 0 spiro atoms. The SMILES string of the molecule is Cc1cccc(C)c1OCC(=O)NNC(=O)c1cc(F)cc(F)c1. The summed E-state index contributed by atoms with van der Waals surface area (Å²) in [6.07, 6.45) is 0. The van der Waals surface area contributed by atoms with Crippen molar-refractivity contribution in [2.24, 2.45) is 0 Å². The third kappa shape index (κ3) is 4.52. The van der Waals surface area contributed by atoms with E-state index >= 15 is 0 Å². The van der Waals surface area contributed by atoms with Crippen molar-refractivity contribution in [1.82, 2.24) is 10.9 Å². The normalized spacial score (nSPS) is 10.2. The minimum absolute atomic E-state index is 0.247. The number of ether oxygens (including phenoxy) is 1. The average Bonchev–Trinajstić information content (AvgIpc) is 2.51. The summed E-state index contributed by atoms with van der Waals surface area (Å²) >= 11 is 0. The Morgan fingerprint density at radius 1 is 1.00 bits per heavy atom. The molecule has 2 amide bonds. The predicted octanol–water partition coefficient (Wildman–Crippen LogP) is 2.42. The molecule has 2 rings (SSSR count). The van der Waals surface area contributed by atoms with Crippen molar-refractivity contribution in [3.63, 3.8) is 0 Å². The zero-order valence-electron chi connectivity index (χ0n) is 13.2. The zero-order valence-corrected chi connectivity index (χ0v) is 13.2. The van der Waals surface area contributed by atoms with Crippen molar-refractivity contribution < 1.29 is 23.1 Å². The Bertz CT molecular complexity index is 738. The van der Waals surface area contributed by atoms with E-state index in [2.05, 4.69) is 10.9 Å². The summed E-state index contributed by atoms with van der Waals surface area (Å²) in [6, 6.07) is 7.93. The molecule has 0 aliphatic carbocycles. The highest BCUT2D eigenvalue weighted by atomic mass is 19.1. The van der Waals surface area contributed by atoms with Crippen molar-refractivity contribution in [3.05, 3.63) is 64.7 Å². The average molecular weight is 334 g/mol. The maximum Gasteiger partial charge on any atom is 0.276 e. The first-order chi connectivity index (χ1) is 11.4. The number of rotatable bonds is 4. The molecule has 0 saturated heterocycles. The van der Waals surface area contributed by atoms with E-state index in [0.717, 1.165) is 23.3 Å². The van der Waals surface area contributed by atoms with E-state index in [4.69, 9.17) is 4.74 Å². The van der Waals surface area contributed by atoms with Gasteiger partial charge in [0.1, 0.15) is 17.4 Å². The van der Waals surface area contributed by atoms with E-state index in [1.54, 1.807) is 0 Å². The number of halogens is 2. The molecular formula is C17H16F2N2O3. The number of carbonyl (C=O) groups excluding carboxylic acids is 2. The van der Waals surface area contributed by atoms with Gasteiger partial charge in [0.15, 0.2) is 6.61 Å². The molecule has 0 radical (unpaired) electrons. The van der Waals surface area contributed by atoms with Gasteiger partial charge in [-0.25, -0.2) is 8.78 Å². The van der Waals surface area contributed by atoms with Crippen LogP contribution < -0.4 is 15.6 Å². The van der Waals surface area contributed by atoms with E-state index in [0.29, 0.717) is 11.8 Å². The number of carbonyl (C=O) groups is 2. The van der Waals surface area contributed by atoms with E-state index in [1.165, 1.54) is 0 Å². The van der Waals surface area contributed by atoms with Crippen LogP contribution in [-0.4, -0.2) is 18.4 Å². The van der Waals surface area contributed by atoms with Gasteiger partial charge in [0, 0.05) is 11.6 Å². The van der Waals surface area contributed by atoms with Crippen LogP contribution in [0.4, 0.5) is 8.78 Å². The van der Waals surface area contributed by atoms with Crippen LogP contribution in [0.15, 0.2) is 36.4 Å². The molecule has 24 heavy (non-hydrogen) atoms. The smallest absolute Gasteiger partial charge is 0.276 e. The lowest BCUT2D eigenvalue weighted by atomic mass is 10.1. The van der Waals surface area contributed by atoms with E-state index < -0.39 is 23.4 Å². The van der Waals surface area contributed by atoms with Crippen LogP contribution >= 0.6 is 0 Å². The molecule has 0 heterocycles. The first-order valence-corrected chi connectivity index (χ1v) is 7.11.